The number of carboxylic acid groups (broad SMARTS) is 1. The lowest BCUT2D eigenvalue weighted by atomic mass is 9.97. The SMILES string of the molecule is CCC(C)C(NC(=O)C(CS)NC(=O)C(N)CO)C(=O)NC(CO)C(=O)O. The first-order valence-corrected chi connectivity index (χ1v) is 8.98. The molecular weight excluding hydrogens is 380 g/mol. The lowest BCUT2D eigenvalue weighted by molar-refractivity contribution is -0.143. The molecule has 0 aromatic heterocycles. The number of carbonyl (C=O) groups is 4. The third-order valence-corrected chi connectivity index (χ3v) is 4.30. The molecule has 0 aromatic carbocycles. The van der Waals surface area contributed by atoms with Crippen LogP contribution in [0.1, 0.15) is 20.3 Å². The Morgan fingerprint density at radius 1 is 0.963 bits per heavy atom. The normalized spacial score (nSPS) is 16.4. The Bertz CT molecular complexity index is 534. The molecule has 0 aliphatic rings. The second-order valence-electron chi connectivity index (χ2n) is 5.99. The molecular formula is C15H28N4O7S. The molecule has 27 heavy (non-hydrogen) atoms. The van der Waals surface area contributed by atoms with Gasteiger partial charge in [0.05, 0.1) is 13.2 Å². The van der Waals surface area contributed by atoms with Gasteiger partial charge in [0, 0.05) is 5.75 Å². The number of nitrogens with one attached hydrogen (secondary N) is 3. The monoisotopic (exact) mass is 408 g/mol. The fourth-order valence-corrected chi connectivity index (χ4v) is 2.22. The molecule has 5 unspecified atom stereocenters. The van der Waals surface area contributed by atoms with Gasteiger partial charge in [-0.3, -0.25) is 14.4 Å². The van der Waals surface area contributed by atoms with Crippen LogP contribution in [0.2, 0.25) is 0 Å². The van der Waals surface area contributed by atoms with Crippen LogP contribution in [0, 0.1) is 5.92 Å². The minimum atomic E-state index is -1.51. The van der Waals surface area contributed by atoms with E-state index in [2.05, 4.69) is 28.6 Å². The number of rotatable bonds is 12. The van der Waals surface area contributed by atoms with Crippen LogP contribution in [0.3, 0.4) is 0 Å². The first-order chi connectivity index (χ1) is 12.6. The third kappa shape index (κ3) is 8.12. The van der Waals surface area contributed by atoms with Crippen molar-refractivity contribution in [1.82, 2.24) is 16.0 Å². The minimum Gasteiger partial charge on any atom is -0.480 e. The Labute approximate surface area is 162 Å². The van der Waals surface area contributed by atoms with E-state index in [0.29, 0.717) is 6.42 Å². The highest BCUT2D eigenvalue weighted by Crippen LogP contribution is 2.09. The van der Waals surface area contributed by atoms with Crippen molar-refractivity contribution in [1.29, 1.82) is 0 Å². The van der Waals surface area contributed by atoms with E-state index in [1.807, 2.05) is 0 Å². The average molecular weight is 408 g/mol. The van der Waals surface area contributed by atoms with Gasteiger partial charge >= 0.3 is 5.97 Å². The molecule has 0 heterocycles. The highest BCUT2D eigenvalue weighted by molar-refractivity contribution is 7.80. The highest BCUT2D eigenvalue weighted by atomic mass is 32.1. The van der Waals surface area contributed by atoms with Crippen molar-refractivity contribution >= 4 is 36.3 Å². The van der Waals surface area contributed by atoms with Crippen LogP contribution in [0.5, 0.6) is 0 Å². The van der Waals surface area contributed by atoms with Gasteiger partial charge in [0.2, 0.25) is 17.7 Å². The van der Waals surface area contributed by atoms with E-state index in [1.165, 1.54) is 0 Å². The van der Waals surface area contributed by atoms with E-state index in [9.17, 15) is 19.2 Å². The van der Waals surface area contributed by atoms with Crippen molar-refractivity contribution in [2.75, 3.05) is 19.0 Å². The Kier molecular flexibility index (Phi) is 11.6. The van der Waals surface area contributed by atoms with Gasteiger partial charge in [-0.15, -0.1) is 0 Å². The molecule has 0 rings (SSSR count). The van der Waals surface area contributed by atoms with Gasteiger partial charge in [-0.25, -0.2) is 4.79 Å². The minimum absolute atomic E-state index is 0.0983. The maximum absolute atomic E-state index is 12.4. The summed E-state index contributed by atoms with van der Waals surface area (Å²) in [5.74, 6) is -4.15. The fraction of sp³-hybridized carbons (Fsp3) is 0.733. The lowest BCUT2D eigenvalue weighted by Crippen LogP contribution is -2.59. The number of aliphatic hydroxyl groups is 2. The number of amides is 3. The number of nitrogens with two attached hydrogens (primary N) is 1. The highest BCUT2D eigenvalue weighted by Gasteiger charge is 2.32. The van der Waals surface area contributed by atoms with Gasteiger partial charge in [-0.1, -0.05) is 20.3 Å². The lowest BCUT2D eigenvalue weighted by Gasteiger charge is -2.27. The van der Waals surface area contributed by atoms with Crippen LogP contribution in [0.4, 0.5) is 0 Å². The number of carboxylic acids is 1. The molecule has 11 nitrogen and oxygen atoms in total. The number of thiol groups is 1. The Morgan fingerprint density at radius 2 is 1.52 bits per heavy atom. The number of hydrogen-bond donors (Lipinski definition) is 8. The first kappa shape index (κ1) is 25.1. The smallest absolute Gasteiger partial charge is 0.328 e. The predicted octanol–water partition coefficient (Wildman–Crippen LogP) is -3.19. The van der Waals surface area contributed by atoms with E-state index in [1.54, 1.807) is 13.8 Å². The average Bonchev–Trinajstić information content (AvgIpc) is 2.65. The number of carbonyl (C=O) groups excluding carboxylic acids is 3. The van der Waals surface area contributed by atoms with Crippen LogP contribution in [-0.2, 0) is 19.2 Å². The molecule has 0 bridgehead atoms. The van der Waals surface area contributed by atoms with Gasteiger partial charge in [-0.05, 0) is 5.92 Å². The number of aliphatic hydroxyl groups excluding tert-OH is 2. The van der Waals surface area contributed by atoms with Crippen LogP contribution in [-0.4, -0.2) is 82.1 Å². The molecule has 0 aliphatic carbocycles. The first-order valence-electron chi connectivity index (χ1n) is 8.34. The quantitative estimate of drug-likeness (QED) is 0.155. The standard InChI is InChI=1S/C15H28N4O7S/c1-3-7(2)11(14(24)17-9(5-21)15(25)26)19-13(23)10(6-27)18-12(22)8(16)4-20/h7-11,20-21,27H,3-6,16H2,1-2H3,(H,17,24)(H,18,22)(H,19,23)(H,25,26). The van der Waals surface area contributed by atoms with E-state index in [-0.39, 0.29) is 11.7 Å². The van der Waals surface area contributed by atoms with Crippen LogP contribution in [0.25, 0.3) is 0 Å². The summed E-state index contributed by atoms with van der Waals surface area (Å²) in [5.41, 5.74) is 5.38. The molecule has 0 saturated carbocycles. The number of hydrogen-bond acceptors (Lipinski definition) is 8. The summed E-state index contributed by atoms with van der Waals surface area (Å²) in [7, 11) is 0. The van der Waals surface area contributed by atoms with Gasteiger partial charge in [0.25, 0.3) is 0 Å². The van der Waals surface area contributed by atoms with Crippen LogP contribution < -0.4 is 21.7 Å². The summed E-state index contributed by atoms with van der Waals surface area (Å²) in [6.07, 6.45) is 0.489. The maximum Gasteiger partial charge on any atom is 0.328 e. The summed E-state index contributed by atoms with van der Waals surface area (Å²) in [4.78, 5) is 47.5. The Morgan fingerprint density at radius 3 is 1.93 bits per heavy atom. The van der Waals surface area contributed by atoms with E-state index in [4.69, 9.17) is 21.1 Å². The molecule has 0 aromatic rings. The zero-order valence-electron chi connectivity index (χ0n) is 15.2. The van der Waals surface area contributed by atoms with Crippen molar-refractivity contribution in [3.05, 3.63) is 0 Å². The van der Waals surface area contributed by atoms with Crippen molar-refractivity contribution in [2.45, 2.75) is 44.4 Å². The molecule has 0 aliphatic heterocycles. The van der Waals surface area contributed by atoms with Crippen molar-refractivity contribution in [3.63, 3.8) is 0 Å². The molecule has 0 spiro atoms. The molecule has 8 N–H and O–H groups in total. The number of aliphatic carboxylic acids is 1. The summed E-state index contributed by atoms with van der Waals surface area (Å²) in [5, 5.41) is 33.8. The molecule has 156 valence electrons. The largest absolute Gasteiger partial charge is 0.480 e. The zero-order valence-corrected chi connectivity index (χ0v) is 16.1. The molecule has 0 fully saturated rings. The molecule has 5 atom stereocenters. The zero-order chi connectivity index (χ0) is 21.1. The molecule has 3 amide bonds. The topological polar surface area (TPSA) is 191 Å². The molecule has 12 heteroatoms. The Balaban J connectivity index is 5.20. The van der Waals surface area contributed by atoms with E-state index in [0.717, 1.165) is 0 Å². The second-order valence-corrected chi connectivity index (χ2v) is 6.35. The van der Waals surface area contributed by atoms with Gasteiger partial charge in [0.1, 0.15) is 24.2 Å². The maximum atomic E-state index is 12.4. The van der Waals surface area contributed by atoms with E-state index >= 15 is 0 Å². The fourth-order valence-electron chi connectivity index (χ4n) is 1.96. The van der Waals surface area contributed by atoms with Gasteiger partial charge in [0.15, 0.2) is 0 Å². The summed E-state index contributed by atoms with van der Waals surface area (Å²) in [6.45, 7) is 2.03. The second kappa shape index (κ2) is 12.5. The third-order valence-electron chi connectivity index (χ3n) is 3.94. The van der Waals surface area contributed by atoms with E-state index < -0.39 is 61.1 Å². The van der Waals surface area contributed by atoms with Crippen molar-refractivity contribution < 1.29 is 34.5 Å². The van der Waals surface area contributed by atoms with Crippen LogP contribution in [0.15, 0.2) is 0 Å². The summed E-state index contributed by atoms with van der Waals surface area (Å²) >= 11 is 3.98. The van der Waals surface area contributed by atoms with Gasteiger partial charge in [-0.2, -0.15) is 12.6 Å². The molecule has 0 radical (unpaired) electrons. The van der Waals surface area contributed by atoms with Crippen molar-refractivity contribution in [3.8, 4) is 0 Å². The summed E-state index contributed by atoms with van der Waals surface area (Å²) < 4.78 is 0. The molecule has 0 saturated heterocycles. The predicted molar refractivity (Wildman–Crippen MR) is 98.9 cm³/mol. The van der Waals surface area contributed by atoms with Gasteiger partial charge < -0.3 is 37.0 Å². The van der Waals surface area contributed by atoms with Crippen molar-refractivity contribution in [2.24, 2.45) is 11.7 Å². The van der Waals surface area contributed by atoms with Crippen LogP contribution >= 0.6 is 12.6 Å². The Hall–Kier alpha value is -1.89. The summed E-state index contributed by atoms with van der Waals surface area (Å²) in [6, 6.07) is -4.94.